The predicted octanol–water partition coefficient (Wildman–Crippen LogP) is 3.05. The summed E-state index contributed by atoms with van der Waals surface area (Å²) in [7, 11) is -4.42. The molecule has 1 aliphatic carbocycles. The van der Waals surface area contributed by atoms with E-state index in [0.29, 0.717) is 5.69 Å². The third-order valence-corrected chi connectivity index (χ3v) is 4.93. The smallest absolute Gasteiger partial charge is 0.319 e. The van der Waals surface area contributed by atoms with Gasteiger partial charge < -0.3 is 10.6 Å². The van der Waals surface area contributed by atoms with E-state index in [-0.39, 0.29) is 17.8 Å². The van der Waals surface area contributed by atoms with Gasteiger partial charge in [0.05, 0.1) is 0 Å². The lowest BCUT2D eigenvalue weighted by Gasteiger charge is -2.11. The van der Waals surface area contributed by atoms with Crippen LogP contribution in [0.3, 0.4) is 0 Å². The highest BCUT2D eigenvalue weighted by Crippen LogP contribution is 2.23. The van der Waals surface area contributed by atoms with Crippen molar-refractivity contribution in [1.82, 2.24) is 5.32 Å². The molecule has 0 spiro atoms. The average Bonchev–Trinajstić information content (AvgIpc) is 3.32. The van der Waals surface area contributed by atoms with E-state index >= 15 is 0 Å². The average molecular weight is 367 g/mol. The van der Waals surface area contributed by atoms with E-state index in [9.17, 15) is 22.0 Å². The van der Waals surface area contributed by atoms with E-state index in [1.807, 2.05) is 0 Å². The monoisotopic (exact) mass is 367 g/mol. The molecule has 6 nitrogen and oxygen atoms in total. The number of rotatable bonds is 5. The molecule has 1 fully saturated rings. The first-order chi connectivity index (χ1) is 11.8. The molecule has 25 heavy (non-hydrogen) atoms. The molecule has 0 radical (unpaired) electrons. The Kier molecular flexibility index (Phi) is 4.58. The number of amides is 2. The molecule has 0 bridgehead atoms. The van der Waals surface area contributed by atoms with Gasteiger partial charge in [0.1, 0.15) is 11.6 Å². The zero-order chi connectivity index (χ0) is 18.0. The Morgan fingerprint density at radius 1 is 0.960 bits per heavy atom. The molecule has 0 heterocycles. The lowest BCUT2D eigenvalue weighted by atomic mass is 10.3. The Morgan fingerprint density at radius 3 is 2.08 bits per heavy atom. The zero-order valence-corrected chi connectivity index (χ0v) is 13.7. The molecule has 1 aliphatic rings. The maximum absolute atomic E-state index is 13.7. The van der Waals surface area contributed by atoms with Crippen LogP contribution in [-0.2, 0) is 10.0 Å². The largest absolute Gasteiger partial charge is 0.335 e. The van der Waals surface area contributed by atoms with Crippen molar-refractivity contribution < 1.29 is 22.0 Å². The third-order valence-electron chi connectivity index (χ3n) is 3.50. The van der Waals surface area contributed by atoms with Gasteiger partial charge in [-0.25, -0.2) is 22.0 Å². The van der Waals surface area contributed by atoms with Crippen LogP contribution in [0, 0.1) is 11.6 Å². The zero-order valence-electron chi connectivity index (χ0n) is 12.9. The number of anilines is 2. The summed E-state index contributed by atoms with van der Waals surface area (Å²) in [5, 5.41) is 5.35. The van der Waals surface area contributed by atoms with E-state index in [0.717, 1.165) is 31.0 Å². The molecule has 0 atom stereocenters. The van der Waals surface area contributed by atoms with Gasteiger partial charge in [-0.15, -0.1) is 0 Å². The fraction of sp³-hybridized carbons (Fsp3) is 0.188. The van der Waals surface area contributed by atoms with Crippen molar-refractivity contribution in [1.29, 1.82) is 0 Å². The van der Waals surface area contributed by atoms with Gasteiger partial charge in [0.25, 0.3) is 10.0 Å². The first-order valence-electron chi connectivity index (χ1n) is 7.49. The van der Waals surface area contributed by atoms with Crippen LogP contribution in [0.1, 0.15) is 12.8 Å². The van der Waals surface area contributed by atoms with E-state index in [1.165, 1.54) is 24.3 Å². The molecule has 2 aromatic rings. The van der Waals surface area contributed by atoms with Crippen LogP contribution in [0.2, 0.25) is 0 Å². The van der Waals surface area contributed by atoms with Crippen molar-refractivity contribution in [2.45, 2.75) is 23.8 Å². The summed E-state index contributed by atoms with van der Waals surface area (Å²) in [5.41, 5.74) is 0.564. The number of carbonyl (C=O) groups excluding carboxylic acids is 1. The Hall–Kier alpha value is -2.68. The highest BCUT2D eigenvalue weighted by atomic mass is 32.2. The number of halogens is 2. The van der Waals surface area contributed by atoms with Crippen LogP contribution in [0.4, 0.5) is 25.0 Å². The van der Waals surface area contributed by atoms with Crippen LogP contribution < -0.4 is 15.4 Å². The van der Waals surface area contributed by atoms with Crippen molar-refractivity contribution in [2.75, 3.05) is 10.0 Å². The standard InChI is InChI=1S/C16H15F2N3O3S/c17-13-2-1-3-14(18)15(13)25(23,24)21-12-8-6-11(7-9-12)20-16(22)19-10-4-5-10/h1-3,6-10,21H,4-5H2,(H2,19,20,22). The van der Waals surface area contributed by atoms with Gasteiger partial charge in [0.2, 0.25) is 0 Å². The molecule has 3 rings (SSSR count). The quantitative estimate of drug-likeness (QED) is 0.759. The van der Waals surface area contributed by atoms with Crippen molar-refractivity contribution in [3.05, 3.63) is 54.1 Å². The minimum Gasteiger partial charge on any atom is -0.335 e. The molecule has 3 N–H and O–H groups in total. The Morgan fingerprint density at radius 2 is 1.52 bits per heavy atom. The van der Waals surface area contributed by atoms with Crippen LogP contribution in [-0.4, -0.2) is 20.5 Å². The van der Waals surface area contributed by atoms with Crippen molar-refractivity contribution in [2.24, 2.45) is 0 Å². The molecule has 0 saturated heterocycles. The van der Waals surface area contributed by atoms with Gasteiger partial charge in [-0.05, 0) is 49.2 Å². The molecule has 1 saturated carbocycles. The normalized spacial score (nSPS) is 14.0. The summed E-state index contributed by atoms with van der Waals surface area (Å²) >= 11 is 0. The topological polar surface area (TPSA) is 87.3 Å². The molecule has 2 amide bonds. The Labute approximate surface area is 143 Å². The lowest BCUT2D eigenvalue weighted by Crippen LogP contribution is -2.30. The number of benzene rings is 2. The minimum atomic E-state index is -4.42. The van der Waals surface area contributed by atoms with Crippen LogP contribution in [0.15, 0.2) is 47.4 Å². The highest BCUT2D eigenvalue weighted by molar-refractivity contribution is 7.92. The molecular weight excluding hydrogens is 352 g/mol. The maximum Gasteiger partial charge on any atom is 0.319 e. The molecule has 0 aromatic heterocycles. The van der Waals surface area contributed by atoms with Gasteiger partial charge in [-0.2, -0.15) is 0 Å². The fourth-order valence-corrected chi connectivity index (χ4v) is 3.35. The number of carbonyl (C=O) groups is 1. The van der Waals surface area contributed by atoms with Crippen LogP contribution in [0.25, 0.3) is 0 Å². The predicted molar refractivity (Wildman–Crippen MR) is 88.8 cm³/mol. The Bertz CT molecular complexity index is 877. The molecule has 2 aromatic carbocycles. The van der Waals surface area contributed by atoms with Gasteiger partial charge in [0.15, 0.2) is 4.90 Å². The number of hydrogen-bond donors (Lipinski definition) is 3. The van der Waals surface area contributed by atoms with Crippen LogP contribution >= 0.6 is 0 Å². The lowest BCUT2D eigenvalue weighted by molar-refractivity contribution is 0.251. The van der Waals surface area contributed by atoms with Gasteiger partial charge in [-0.1, -0.05) is 6.07 Å². The summed E-state index contributed by atoms with van der Waals surface area (Å²) < 4.78 is 53.7. The van der Waals surface area contributed by atoms with Gasteiger partial charge >= 0.3 is 6.03 Å². The second kappa shape index (κ2) is 6.67. The highest BCUT2D eigenvalue weighted by Gasteiger charge is 2.24. The number of nitrogens with one attached hydrogen (secondary N) is 3. The maximum atomic E-state index is 13.7. The first kappa shape index (κ1) is 17.2. The van der Waals surface area contributed by atoms with E-state index < -0.39 is 26.6 Å². The third kappa shape index (κ3) is 4.24. The Balaban J connectivity index is 1.71. The molecule has 9 heteroatoms. The molecule has 132 valence electrons. The van der Waals surface area contributed by atoms with E-state index in [4.69, 9.17) is 0 Å². The second-order valence-electron chi connectivity index (χ2n) is 5.61. The van der Waals surface area contributed by atoms with Crippen molar-refractivity contribution in [3.8, 4) is 0 Å². The number of sulfonamides is 1. The van der Waals surface area contributed by atoms with Crippen molar-refractivity contribution in [3.63, 3.8) is 0 Å². The van der Waals surface area contributed by atoms with Crippen molar-refractivity contribution >= 4 is 27.4 Å². The number of hydrogen-bond acceptors (Lipinski definition) is 3. The summed E-state index contributed by atoms with van der Waals surface area (Å²) in [6.45, 7) is 0. The van der Waals surface area contributed by atoms with E-state index in [2.05, 4.69) is 15.4 Å². The summed E-state index contributed by atoms with van der Waals surface area (Å²) in [6.07, 6.45) is 1.92. The molecule has 0 aliphatic heterocycles. The minimum absolute atomic E-state index is 0.107. The summed E-state index contributed by atoms with van der Waals surface area (Å²) in [6, 6.07) is 8.38. The number of urea groups is 1. The van der Waals surface area contributed by atoms with E-state index in [1.54, 1.807) is 0 Å². The second-order valence-corrected chi connectivity index (χ2v) is 7.23. The summed E-state index contributed by atoms with van der Waals surface area (Å²) in [5.74, 6) is -2.36. The SMILES string of the molecule is O=C(Nc1ccc(NS(=O)(=O)c2c(F)cccc2F)cc1)NC1CC1. The first-order valence-corrected chi connectivity index (χ1v) is 8.98. The molecular formula is C16H15F2N3O3S. The van der Waals surface area contributed by atoms with Gasteiger partial charge in [0, 0.05) is 17.4 Å². The van der Waals surface area contributed by atoms with Gasteiger partial charge in [-0.3, -0.25) is 4.72 Å². The summed E-state index contributed by atoms with van der Waals surface area (Å²) in [4.78, 5) is 10.6. The molecule has 0 unspecified atom stereocenters. The fourth-order valence-electron chi connectivity index (χ4n) is 2.15. The van der Waals surface area contributed by atoms with Crippen LogP contribution in [0.5, 0.6) is 0 Å².